The van der Waals surface area contributed by atoms with Crippen LogP contribution < -0.4 is 4.72 Å². The summed E-state index contributed by atoms with van der Waals surface area (Å²) in [6.45, 7) is 6.82. The van der Waals surface area contributed by atoms with Gasteiger partial charge in [-0.2, -0.15) is 4.72 Å². The van der Waals surface area contributed by atoms with Gasteiger partial charge < -0.3 is 13.9 Å². The lowest BCUT2D eigenvalue weighted by Crippen LogP contribution is -2.45. The minimum Gasteiger partial charge on any atom is -0.460 e. The predicted molar refractivity (Wildman–Crippen MR) is 122 cm³/mol. The van der Waals surface area contributed by atoms with Gasteiger partial charge in [-0.1, -0.05) is 49.7 Å². The van der Waals surface area contributed by atoms with E-state index < -0.39 is 28.0 Å². The third-order valence-electron chi connectivity index (χ3n) is 5.05. The zero-order valence-electron chi connectivity index (χ0n) is 19.0. The maximum absolute atomic E-state index is 12.9. The van der Waals surface area contributed by atoms with Gasteiger partial charge in [-0.25, -0.2) is 13.2 Å². The van der Waals surface area contributed by atoms with Crippen LogP contribution in [0.1, 0.15) is 42.5 Å². The van der Waals surface area contributed by atoms with Gasteiger partial charge in [0.2, 0.25) is 15.8 Å². The smallest absolute Gasteiger partial charge is 0.374 e. The van der Waals surface area contributed by atoms with E-state index in [-0.39, 0.29) is 29.8 Å². The number of rotatable bonds is 9. The Kier molecular flexibility index (Phi) is 7.55. The van der Waals surface area contributed by atoms with E-state index in [1.54, 1.807) is 57.2 Å². The molecule has 1 heterocycles. The third-order valence-corrected chi connectivity index (χ3v) is 6.51. The molecule has 0 radical (unpaired) electrons. The lowest BCUT2D eigenvalue weighted by Gasteiger charge is -2.21. The lowest BCUT2D eigenvalue weighted by atomic mass is 10.1. The first-order valence-corrected chi connectivity index (χ1v) is 12.1. The fraction of sp³-hybridized carbons (Fsp3) is 0.333. The maximum Gasteiger partial charge on any atom is 0.374 e. The Balaban J connectivity index is 1.82. The van der Waals surface area contributed by atoms with Gasteiger partial charge in [-0.05, 0) is 38.0 Å². The molecule has 3 aromatic rings. The van der Waals surface area contributed by atoms with Crippen LogP contribution in [-0.4, -0.2) is 33.0 Å². The maximum atomic E-state index is 12.9. The summed E-state index contributed by atoms with van der Waals surface area (Å²) < 4.78 is 44.1. The molecule has 9 heteroatoms. The lowest BCUT2D eigenvalue weighted by molar-refractivity contribution is -0.148. The summed E-state index contributed by atoms with van der Waals surface area (Å²) in [5.74, 6) is -1.86. The number of furan rings is 1. The van der Waals surface area contributed by atoms with E-state index in [9.17, 15) is 18.0 Å². The van der Waals surface area contributed by atoms with Crippen molar-refractivity contribution >= 4 is 32.9 Å². The van der Waals surface area contributed by atoms with E-state index in [0.717, 1.165) is 5.56 Å². The zero-order valence-corrected chi connectivity index (χ0v) is 19.8. The van der Waals surface area contributed by atoms with Crippen molar-refractivity contribution in [3.63, 3.8) is 0 Å². The fourth-order valence-electron chi connectivity index (χ4n) is 3.25. The van der Waals surface area contributed by atoms with Gasteiger partial charge >= 0.3 is 11.9 Å². The number of aryl methyl sites for hydroxylation is 1. The molecule has 1 N–H and O–H groups in total. The normalized spacial score (nSPS) is 12.6. The topological polar surface area (TPSA) is 112 Å². The van der Waals surface area contributed by atoms with Crippen molar-refractivity contribution in [2.24, 2.45) is 5.92 Å². The Hall–Kier alpha value is -3.17. The summed E-state index contributed by atoms with van der Waals surface area (Å²) in [5, 5.41) is 0.606. The summed E-state index contributed by atoms with van der Waals surface area (Å²) in [7, 11) is -3.95. The summed E-state index contributed by atoms with van der Waals surface area (Å²) in [6, 6.07) is 12.1. The number of benzene rings is 2. The van der Waals surface area contributed by atoms with Crippen molar-refractivity contribution in [2.45, 2.75) is 45.2 Å². The van der Waals surface area contributed by atoms with Gasteiger partial charge in [0, 0.05) is 5.39 Å². The number of carbonyl (C=O) groups excluding carboxylic acids is 2. The van der Waals surface area contributed by atoms with E-state index in [4.69, 9.17) is 13.9 Å². The van der Waals surface area contributed by atoms with Crippen molar-refractivity contribution in [3.8, 4) is 0 Å². The van der Waals surface area contributed by atoms with Gasteiger partial charge in [-0.15, -0.1) is 0 Å². The number of carbonyl (C=O) groups is 2. The predicted octanol–water partition coefficient (Wildman–Crippen LogP) is 3.96. The molecule has 0 fully saturated rings. The highest BCUT2D eigenvalue weighted by Gasteiger charge is 2.31. The Morgan fingerprint density at radius 2 is 1.70 bits per heavy atom. The molecule has 0 aliphatic carbocycles. The van der Waals surface area contributed by atoms with Crippen LogP contribution in [0.2, 0.25) is 0 Å². The molecule has 0 saturated carbocycles. The number of para-hydroxylation sites is 1. The molecule has 0 amide bonds. The molecule has 176 valence electrons. The van der Waals surface area contributed by atoms with E-state index in [0.29, 0.717) is 16.5 Å². The zero-order chi connectivity index (χ0) is 24.2. The first-order valence-electron chi connectivity index (χ1n) is 10.6. The first-order chi connectivity index (χ1) is 15.6. The van der Waals surface area contributed by atoms with Crippen molar-refractivity contribution in [3.05, 3.63) is 65.4 Å². The molecule has 0 saturated heterocycles. The van der Waals surface area contributed by atoms with Crippen LogP contribution in [0.5, 0.6) is 0 Å². The molecule has 0 bridgehead atoms. The summed E-state index contributed by atoms with van der Waals surface area (Å²) >= 11 is 0. The summed E-state index contributed by atoms with van der Waals surface area (Å²) in [4.78, 5) is 25.3. The van der Waals surface area contributed by atoms with E-state index >= 15 is 0 Å². The van der Waals surface area contributed by atoms with E-state index in [1.165, 1.54) is 12.1 Å². The van der Waals surface area contributed by atoms with Crippen molar-refractivity contribution < 1.29 is 31.9 Å². The van der Waals surface area contributed by atoms with Crippen LogP contribution in [0.25, 0.3) is 11.0 Å². The fourth-order valence-corrected chi connectivity index (χ4v) is 4.58. The number of fused-ring (bicyclic) bond motifs is 1. The van der Waals surface area contributed by atoms with Crippen LogP contribution in [0.3, 0.4) is 0 Å². The number of ether oxygens (including phenoxy) is 2. The number of sulfonamides is 1. The molecule has 33 heavy (non-hydrogen) atoms. The molecule has 1 atom stereocenters. The van der Waals surface area contributed by atoms with Crippen LogP contribution in [0.15, 0.2) is 57.8 Å². The molecule has 1 aromatic heterocycles. The third kappa shape index (κ3) is 5.61. The van der Waals surface area contributed by atoms with Crippen LogP contribution >= 0.6 is 0 Å². The molecule has 0 aliphatic rings. The molecular weight excluding hydrogens is 446 g/mol. The number of hydrogen-bond acceptors (Lipinski definition) is 7. The molecule has 8 nitrogen and oxygen atoms in total. The SMILES string of the molecule is CCOC(=O)c1oc2ccccc2c1COC(=O)[C@@H](NS(=O)(=O)c1ccc(C)cc1)C(C)C. The second kappa shape index (κ2) is 10.2. The molecule has 0 aliphatic heterocycles. The number of esters is 2. The number of hydrogen-bond donors (Lipinski definition) is 1. The first kappa shape index (κ1) is 24.5. The molecule has 3 rings (SSSR count). The average molecular weight is 474 g/mol. The monoisotopic (exact) mass is 473 g/mol. The Morgan fingerprint density at radius 1 is 1.03 bits per heavy atom. The van der Waals surface area contributed by atoms with Gasteiger partial charge in [0.25, 0.3) is 0 Å². The Labute approximate surface area is 192 Å². The molecule has 2 aromatic carbocycles. The van der Waals surface area contributed by atoms with Crippen molar-refractivity contribution in [2.75, 3.05) is 6.61 Å². The average Bonchev–Trinajstić information content (AvgIpc) is 3.15. The minimum atomic E-state index is -3.95. The Bertz CT molecular complexity index is 1240. The van der Waals surface area contributed by atoms with Gasteiger partial charge in [0.05, 0.1) is 17.1 Å². The van der Waals surface area contributed by atoms with Crippen LogP contribution in [-0.2, 0) is 30.9 Å². The van der Waals surface area contributed by atoms with Crippen molar-refractivity contribution in [1.82, 2.24) is 4.72 Å². The quantitative estimate of drug-likeness (QED) is 0.468. The van der Waals surface area contributed by atoms with E-state index in [2.05, 4.69) is 4.72 Å². The van der Waals surface area contributed by atoms with Gasteiger partial charge in [0.15, 0.2) is 0 Å². The van der Waals surface area contributed by atoms with E-state index in [1.807, 2.05) is 6.92 Å². The molecule has 0 spiro atoms. The molecular formula is C24H27NO7S. The van der Waals surface area contributed by atoms with Crippen LogP contribution in [0, 0.1) is 12.8 Å². The highest BCUT2D eigenvalue weighted by atomic mass is 32.2. The largest absolute Gasteiger partial charge is 0.460 e. The second-order valence-electron chi connectivity index (χ2n) is 7.89. The standard InChI is InChI=1S/C24H27NO7S/c1-5-30-24(27)22-19(18-8-6-7-9-20(18)32-22)14-31-23(26)21(15(2)3)25-33(28,29)17-12-10-16(4)11-13-17/h6-13,15,21,25H,5,14H2,1-4H3/t21-/m0/s1. The van der Waals surface area contributed by atoms with Crippen molar-refractivity contribution in [1.29, 1.82) is 0 Å². The highest BCUT2D eigenvalue weighted by Crippen LogP contribution is 2.27. The molecule has 0 unspecified atom stereocenters. The number of nitrogens with one attached hydrogen (secondary N) is 1. The highest BCUT2D eigenvalue weighted by molar-refractivity contribution is 7.89. The minimum absolute atomic E-state index is 0.0489. The summed E-state index contributed by atoms with van der Waals surface area (Å²) in [5.41, 5.74) is 1.73. The van der Waals surface area contributed by atoms with Gasteiger partial charge in [-0.3, -0.25) is 4.79 Å². The summed E-state index contributed by atoms with van der Waals surface area (Å²) in [6.07, 6.45) is 0. The van der Waals surface area contributed by atoms with Gasteiger partial charge in [0.1, 0.15) is 18.2 Å². The Morgan fingerprint density at radius 3 is 2.33 bits per heavy atom. The second-order valence-corrected chi connectivity index (χ2v) is 9.60. The van der Waals surface area contributed by atoms with Crippen LogP contribution in [0.4, 0.5) is 0 Å².